The topological polar surface area (TPSA) is 55.6 Å². The van der Waals surface area contributed by atoms with E-state index in [1.165, 1.54) is 17.0 Å². The van der Waals surface area contributed by atoms with Crippen LogP contribution in [0.4, 0.5) is 18.0 Å². The average Bonchev–Trinajstić information content (AvgIpc) is 2.71. The molecular weight excluding hydrogens is 261 g/mol. The quantitative estimate of drug-likeness (QED) is 0.919. The average molecular weight is 274 g/mol. The molecule has 0 aromatic heterocycles. The van der Waals surface area contributed by atoms with Crippen LogP contribution in [-0.2, 0) is 10.9 Å². The van der Waals surface area contributed by atoms with Gasteiger partial charge in [-0.15, -0.1) is 0 Å². The van der Waals surface area contributed by atoms with Crippen molar-refractivity contribution >= 4 is 6.09 Å². The van der Waals surface area contributed by atoms with Gasteiger partial charge in [-0.1, -0.05) is 12.1 Å². The lowest BCUT2D eigenvalue weighted by molar-refractivity contribution is -0.137. The Morgan fingerprint density at radius 3 is 2.79 bits per heavy atom. The van der Waals surface area contributed by atoms with E-state index in [1.54, 1.807) is 0 Å². The Morgan fingerprint density at radius 2 is 2.16 bits per heavy atom. The van der Waals surface area contributed by atoms with Crippen LogP contribution in [-0.4, -0.2) is 30.6 Å². The van der Waals surface area contributed by atoms with Crippen molar-refractivity contribution in [2.45, 2.75) is 12.3 Å². The summed E-state index contributed by atoms with van der Waals surface area (Å²) in [6, 6.07) is 4.80. The predicted molar refractivity (Wildman–Crippen MR) is 61.3 cm³/mol. The van der Waals surface area contributed by atoms with E-state index >= 15 is 0 Å². The molecule has 7 heteroatoms. The molecule has 0 bridgehead atoms. The van der Waals surface area contributed by atoms with Gasteiger partial charge in [0.25, 0.3) is 0 Å². The normalized spacial score (nSPS) is 19.7. The van der Waals surface area contributed by atoms with Crippen molar-refractivity contribution in [3.63, 3.8) is 0 Å². The fourth-order valence-electron chi connectivity index (χ4n) is 1.94. The van der Waals surface area contributed by atoms with E-state index in [0.717, 1.165) is 12.1 Å². The summed E-state index contributed by atoms with van der Waals surface area (Å²) in [5.41, 5.74) is 4.92. The number of carbonyl (C=O) groups excluding carboxylic acids is 1. The maximum absolute atomic E-state index is 12.6. The van der Waals surface area contributed by atoms with Crippen LogP contribution in [0.5, 0.6) is 0 Å². The number of nitrogens with zero attached hydrogens (tertiary/aromatic N) is 1. The third-order valence-corrected chi connectivity index (χ3v) is 2.87. The summed E-state index contributed by atoms with van der Waals surface area (Å²) in [7, 11) is 0. The zero-order chi connectivity index (χ0) is 14.0. The Hall–Kier alpha value is -1.76. The minimum atomic E-state index is -4.41. The number of hydrogen-bond donors (Lipinski definition) is 1. The van der Waals surface area contributed by atoms with Gasteiger partial charge in [-0.05, 0) is 17.7 Å². The number of carbonyl (C=O) groups is 1. The molecule has 104 valence electrons. The van der Waals surface area contributed by atoms with Crippen molar-refractivity contribution in [3.05, 3.63) is 35.4 Å². The highest BCUT2D eigenvalue weighted by Crippen LogP contribution is 2.33. The molecule has 1 atom stereocenters. The van der Waals surface area contributed by atoms with E-state index in [9.17, 15) is 18.0 Å². The van der Waals surface area contributed by atoms with Crippen LogP contribution < -0.4 is 5.73 Å². The Balaban J connectivity index is 2.18. The van der Waals surface area contributed by atoms with Crippen LogP contribution in [0.2, 0.25) is 0 Å². The van der Waals surface area contributed by atoms with Crippen LogP contribution in [0.15, 0.2) is 24.3 Å². The molecule has 1 aliphatic heterocycles. The Kier molecular flexibility index (Phi) is 3.66. The zero-order valence-electron chi connectivity index (χ0n) is 9.98. The van der Waals surface area contributed by atoms with E-state index in [2.05, 4.69) is 0 Å². The van der Waals surface area contributed by atoms with Gasteiger partial charge in [0.1, 0.15) is 6.10 Å². The molecule has 1 aromatic rings. The maximum Gasteiger partial charge on any atom is 0.416 e. The molecule has 0 radical (unpaired) electrons. The minimum absolute atomic E-state index is 0.220. The number of hydrogen-bond acceptors (Lipinski definition) is 3. The Labute approximate surface area is 107 Å². The van der Waals surface area contributed by atoms with Crippen molar-refractivity contribution in [3.8, 4) is 0 Å². The van der Waals surface area contributed by atoms with Gasteiger partial charge < -0.3 is 15.4 Å². The van der Waals surface area contributed by atoms with Crippen molar-refractivity contribution in [2.75, 3.05) is 19.6 Å². The number of ether oxygens (including phenoxy) is 1. The third kappa shape index (κ3) is 2.98. The molecule has 1 heterocycles. The largest absolute Gasteiger partial charge is 0.439 e. The van der Waals surface area contributed by atoms with Crippen LogP contribution >= 0.6 is 0 Å². The molecule has 4 nitrogen and oxygen atoms in total. The summed E-state index contributed by atoms with van der Waals surface area (Å²) in [5.74, 6) is 0. The number of cyclic esters (lactones) is 1. The first-order chi connectivity index (χ1) is 8.91. The standard InChI is InChI=1S/C12H13F3N2O2/c13-12(14,15)9-3-1-2-8(6-9)10-7-17(5-4-16)11(18)19-10/h1-3,6,10H,4-5,7,16H2. The first kappa shape index (κ1) is 13.7. The van der Waals surface area contributed by atoms with E-state index in [0.29, 0.717) is 12.1 Å². The fraction of sp³-hybridized carbons (Fsp3) is 0.417. The summed E-state index contributed by atoms with van der Waals surface area (Å²) in [6.45, 7) is 0.829. The van der Waals surface area contributed by atoms with Crippen molar-refractivity contribution < 1.29 is 22.7 Å². The summed E-state index contributed by atoms with van der Waals surface area (Å²) in [5, 5.41) is 0. The molecule has 1 aromatic carbocycles. The number of benzene rings is 1. The molecule has 19 heavy (non-hydrogen) atoms. The van der Waals surface area contributed by atoms with E-state index < -0.39 is 23.9 Å². The lowest BCUT2D eigenvalue weighted by Crippen LogP contribution is -2.30. The van der Waals surface area contributed by atoms with Crippen LogP contribution in [0.1, 0.15) is 17.2 Å². The van der Waals surface area contributed by atoms with Crippen molar-refractivity contribution in [2.24, 2.45) is 5.73 Å². The maximum atomic E-state index is 12.6. The molecule has 0 spiro atoms. The second kappa shape index (κ2) is 5.08. The monoisotopic (exact) mass is 274 g/mol. The van der Waals surface area contributed by atoms with Crippen LogP contribution in [0, 0.1) is 0 Å². The number of amides is 1. The molecule has 2 rings (SSSR count). The fourth-order valence-corrected chi connectivity index (χ4v) is 1.94. The van der Waals surface area contributed by atoms with Crippen molar-refractivity contribution in [1.29, 1.82) is 0 Å². The van der Waals surface area contributed by atoms with Crippen LogP contribution in [0.25, 0.3) is 0 Å². The molecular formula is C12H13F3N2O2. The minimum Gasteiger partial charge on any atom is -0.439 e. The highest BCUT2D eigenvalue weighted by Gasteiger charge is 2.34. The van der Waals surface area contributed by atoms with E-state index in [1.807, 2.05) is 0 Å². The number of rotatable bonds is 3. The molecule has 2 N–H and O–H groups in total. The van der Waals surface area contributed by atoms with Gasteiger partial charge in [0.05, 0.1) is 12.1 Å². The molecule has 0 aliphatic carbocycles. The third-order valence-electron chi connectivity index (χ3n) is 2.87. The molecule has 0 saturated carbocycles. The van der Waals surface area contributed by atoms with Gasteiger partial charge in [0, 0.05) is 13.1 Å². The predicted octanol–water partition coefficient (Wildman–Crippen LogP) is 2.16. The lowest BCUT2D eigenvalue weighted by atomic mass is 10.1. The van der Waals surface area contributed by atoms with Gasteiger partial charge in [-0.3, -0.25) is 0 Å². The highest BCUT2D eigenvalue weighted by atomic mass is 19.4. The van der Waals surface area contributed by atoms with Gasteiger partial charge in [0.15, 0.2) is 0 Å². The second-order valence-electron chi connectivity index (χ2n) is 4.23. The van der Waals surface area contributed by atoms with E-state index in [-0.39, 0.29) is 13.1 Å². The highest BCUT2D eigenvalue weighted by molar-refractivity contribution is 5.70. The SMILES string of the molecule is NCCN1CC(c2cccc(C(F)(F)F)c2)OC1=O. The summed E-state index contributed by atoms with van der Waals surface area (Å²) >= 11 is 0. The zero-order valence-corrected chi connectivity index (χ0v) is 9.98. The molecule has 1 amide bonds. The Morgan fingerprint density at radius 1 is 1.42 bits per heavy atom. The summed E-state index contributed by atoms with van der Waals surface area (Å²) in [6.07, 6.45) is -5.63. The van der Waals surface area contributed by atoms with Gasteiger partial charge in [0.2, 0.25) is 0 Å². The van der Waals surface area contributed by atoms with Gasteiger partial charge >= 0.3 is 12.3 Å². The first-order valence-electron chi connectivity index (χ1n) is 5.74. The smallest absolute Gasteiger partial charge is 0.416 e. The number of alkyl halides is 3. The molecule has 1 fully saturated rings. The molecule has 1 unspecified atom stereocenters. The van der Waals surface area contributed by atoms with Gasteiger partial charge in [-0.25, -0.2) is 4.79 Å². The van der Waals surface area contributed by atoms with Gasteiger partial charge in [-0.2, -0.15) is 13.2 Å². The van der Waals surface area contributed by atoms with E-state index in [4.69, 9.17) is 10.5 Å². The molecule has 1 aliphatic rings. The second-order valence-corrected chi connectivity index (χ2v) is 4.23. The molecule has 1 saturated heterocycles. The first-order valence-corrected chi connectivity index (χ1v) is 5.74. The summed E-state index contributed by atoms with van der Waals surface area (Å²) < 4.78 is 42.8. The summed E-state index contributed by atoms with van der Waals surface area (Å²) in [4.78, 5) is 12.8. The lowest BCUT2D eigenvalue weighted by Gasteiger charge is -2.12. The van der Waals surface area contributed by atoms with Crippen molar-refractivity contribution in [1.82, 2.24) is 4.90 Å². The Bertz CT molecular complexity index is 476. The number of nitrogens with two attached hydrogens (primary N) is 1. The van der Waals surface area contributed by atoms with Crippen LogP contribution in [0.3, 0.4) is 0 Å². The number of halogens is 3.